The largest absolute Gasteiger partial charge is 0.453 e. The molecule has 0 saturated carbocycles. The summed E-state index contributed by atoms with van der Waals surface area (Å²) in [5.41, 5.74) is 0.587. The zero-order chi connectivity index (χ0) is 28.1. The van der Waals surface area contributed by atoms with Gasteiger partial charge in [-0.3, -0.25) is 4.72 Å². The van der Waals surface area contributed by atoms with Crippen LogP contribution in [0.1, 0.15) is 46.0 Å². The average molecular weight is 565 g/mol. The molecular formula is C25H33FN6O4S2. The van der Waals surface area contributed by atoms with Gasteiger partial charge in [0.25, 0.3) is 0 Å². The minimum atomic E-state index is -3.69. The molecule has 2 heterocycles. The van der Waals surface area contributed by atoms with Gasteiger partial charge >= 0.3 is 6.09 Å². The highest BCUT2D eigenvalue weighted by molar-refractivity contribution is 7.92. The van der Waals surface area contributed by atoms with Crippen molar-refractivity contribution < 1.29 is 22.3 Å². The lowest BCUT2D eigenvalue weighted by Crippen LogP contribution is -2.37. The third kappa shape index (κ3) is 7.38. The molecule has 0 saturated heterocycles. The quantitative estimate of drug-likeness (QED) is 0.313. The number of methoxy groups -OCH3 is 1. The Labute approximate surface area is 226 Å². The van der Waals surface area contributed by atoms with Crippen LogP contribution in [-0.4, -0.2) is 54.9 Å². The van der Waals surface area contributed by atoms with E-state index in [1.165, 1.54) is 24.5 Å². The fourth-order valence-electron chi connectivity index (χ4n) is 3.40. The third-order valence-electron chi connectivity index (χ3n) is 5.27. The molecule has 0 aliphatic heterocycles. The molecule has 0 spiro atoms. The molecule has 38 heavy (non-hydrogen) atoms. The van der Waals surface area contributed by atoms with Gasteiger partial charge < -0.3 is 15.4 Å². The number of hydrogen-bond donors (Lipinski definition) is 3. The number of carbonyl (C=O) groups is 1. The number of amides is 1. The molecule has 13 heteroatoms. The lowest BCUT2D eigenvalue weighted by atomic mass is 9.98. The van der Waals surface area contributed by atoms with E-state index in [0.717, 1.165) is 5.01 Å². The fraction of sp³-hybridized carbons (Fsp3) is 0.440. The van der Waals surface area contributed by atoms with E-state index in [4.69, 9.17) is 4.98 Å². The second kappa shape index (κ2) is 12.0. The van der Waals surface area contributed by atoms with Gasteiger partial charge in [0, 0.05) is 29.8 Å². The number of aromatic nitrogens is 3. The van der Waals surface area contributed by atoms with Crippen molar-refractivity contribution in [3.05, 3.63) is 41.3 Å². The molecule has 10 nitrogen and oxygen atoms in total. The van der Waals surface area contributed by atoms with Crippen LogP contribution < -0.4 is 15.4 Å². The summed E-state index contributed by atoms with van der Waals surface area (Å²) in [7, 11) is -2.39. The van der Waals surface area contributed by atoms with Gasteiger partial charge in [0.2, 0.25) is 16.0 Å². The Morgan fingerprint density at radius 1 is 1.21 bits per heavy atom. The van der Waals surface area contributed by atoms with Crippen LogP contribution in [0.3, 0.4) is 0 Å². The Morgan fingerprint density at radius 2 is 1.95 bits per heavy atom. The minimum Gasteiger partial charge on any atom is -0.453 e. The number of sulfonamides is 1. The van der Waals surface area contributed by atoms with E-state index in [2.05, 4.69) is 30.1 Å². The predicted octanol–water partition coefficient (Wildman–Crippen LogP) is 5.01. The molecule has 3 N–H and O–H groups in total. The molecule has 3 rings (SSSR count). The highest BCUT2D eigenvalue weighted by atomic mass is 32.2. The van der Waals surface area contributed by atoms with Gasteiger partial charge in [-0.25, -0.2) is 32.6 Å². The van der Waals surface area contributed by atoms with Gasteiger partial charge in [0.05, 0.1) is 39.8 Å². The number of carbonyl (C=O) groups excluding carboxylic acids is 1. The van der Waals surface area contributed by atoms with E-state index in [0.29, 0.717) is 35.2 Å². The molecule has 3 aromatic rings. The zero-order valence-electron chi connectivity index (χ0n) is 22.3. The normalized spacial score (nSPS) is 12.6. The van der Waals surface area contributed by atoms with Crippen LogP contribution in [0.5, 0.6) is 0 Å². The van der Waals surface area contributed by atoms with Crippen LogP contribution >= 0.6 is 11.3 Å². The topological polar surface area (TPSA) is 135 Å². The van der Waals surface area contributed by atoms with Crippen LogP contribution in [-0.2, 0) is 20.2 Å². The number of thiazole rings is 1. The molecule has 1 atom stereocenters. The van der Waals surface area contributed by atoms with Crippen molar-refractivity contribution in [2.45, 2.75) is 52.5 Å². The van der Waals surface area contributed by atoms with Gasteiger partial charge in [-0.2, -0.15) is 0 Å². The predicted molar refractivity (Wildman–Crippen MR) is 148 cm³/mol. The SMILES string of the molecule is CCCS(=O)(=O)Nc1cccc(-c2nc(C(C)(C)C)sc2-c2ccnc(NC[C@H](C)NC(=O)OC)n2)c1F. The van der Waals surface area contributed by atoms with Gasteiger partial charge in [0.15, 0.2) is 5.82 Å². The molecular weight excluding hydrogens is 531 g/mol. The van der Waals surface area contributed by atoms with Crippen molar-refractivity contribution in [1.82, 2.24) is 20.3 Å². The number of nitrogens with one attached hydrogen (secondary N) is 3. The molecule has 206 valence electrons. The first-order valence-corrected chi connectivity index (χ1v) is 14.5. The molecule has 0 aliphatic carbocycles. The summed E-state index contributed by atoms with van der Waals surface area (Å²) < 4.78 is 47.3. The number of nitrogens with zero attached hydrogens (tertiary/aromatic N) is 3. The van der Waals surface area contributed by atoms with E-state index >= 15 is 4.39 Å². The van der Waals surface area contributed by atoms with Gasteiger partial charge in [-0.1, -0.05) is 33.8 Å². The number of ether oxygens (including phenoxy) is 1. The fourth-order valence-corrected chi connectivity index (χ4v) is 5.64. The Morgan fingerprint density at radius 3 is 2.61 bits per heavy atom. The molecule has 2 aromatic heterocycles. The van der Waals surface area contributed by atoms with Crippen molar-refractivity contribution in [1.29, 1.82) is 0 Å². The number of alkyl carbamates (subject to hydrolysis) is 1. The molecule has 1 aromatic carbocycles. The highest BCUT2D eigenvalue weighted by Crippen LogP contribution is 2.41. The van der Waals surface area contributed by atoms with Gasteiger partial charge in [-0.15, -0.1) is 11.3 Å². The van der Waals surface area contributed by atoms with Crippen LogP contribution in [0, 0.1) is 5.82 Å². The maximum absolute atomic E-state index is 15.7. The van der Waals surface area contributed by atoms with Gasteiger partial charge in [-0.05, 0) is 31.5 Å². The summed E-state index contributed by atoms with van der Waals surface area (Å²) in [4.78, 5) is 25.7. The Kier molecular flexibility index (Phi) is 9.26. The Balaban J connectivity index is 2.02. The summed E-state index contributed by atoms with van der Waals surface area (Å²) in [5.74, 6) is -0.509. The lowest BCUT2D eigenvalue weighted by Gasteiger charge is -2.14. The van der Waals surface area contributed by atoms with Crippen molar-refractivity contribution in [2.75, 3.05) is 29.4 Å². The number of benzene rings is 1. The summed E-state index contributed by atoms with van der Waals surface area (Å²) in [5, 5.41) is 6.50. The first-order chi connectivity index (χ1) is 17.8. The second-order valence-corrected chi connectivity index (χ2v) is 12.6. The molecule has 0 fully saturated rings. The number of halogens is 1. The second-order valence-electron chi connectivity index (χ2n) is 9.72. The van der Waals surface area contributed by atoms with Crippen LogP contribution in [0.15, 0.2) is 30.5 Å². The summed E-state index contributed by atoms with van der Waals surface area (Å²) in [6.45, 7) is 9.91. The Hall–Kier alpha value is -3.32. The minimum absolute atomic E-state index is 0.114. The monoisotopic (exact) mass is 564 g/mol. The highest BCUT2D eigenvalue weighted by Gasteiger charge is 2.26. The van der Waals surface area contributed by atoms with E-state index in [1.54, 1.807) is 38.2 Å². The summed E-state index contributed by atoms with van der Waals surface area (Å²) in [6.07, 6.45) is 1.44. The zero-order valence-corrected chi connectivity index (χ0v) is 23.9. The lowest BCUT2D eigenvalue weighted by molar-refractivity contribution is 0.168. The third-order valence-corrected chi connectivity index (χ3v) is 8.25. The molecule has 0 unspecified atom stereocenters. The molecule has 0 aliphatic rings. The van der Waals surface area contributed by atoms with Crippen molar-refractivity contribution in [3.8, 4) is 21.8 Å². The number of hydrogen-bond acceptors (Lipinski definition) is 9. The number of rotatable bonds is 10. The van der Waals surface area contributed by atoms with Crippen LogP contribution in [0.25, 0.3) is 21.8 Å². The first-order valence-electron chi connectivity index (χ1n) is 12.1. The molecule has 0 radical (unpaired) electrons. The smallest absolute Gasteiger partial charge is 0.407 e. The van der Waals surface area contributed by atoms with Crippen LogP contribution in [0.2, 0.25) is 0 Å². The van der Waals surface area contributed by atoms with Crippen molar-refractivity contribution >= 4 is 39.1 Å². The summed E-state index contributed by atoms with van der Waals surface area (Å²) >= 11 is 1.39. The van der Waals surface area contributed by atoms with Crippen LogP contribution in [0.4, 0.5) is 20.8 Å². The van der Waals surface area contributed by atoms with E-state index in [9.17, 15) is 13.2 Å². The van der Waals surface area contributed by atoms with Crippen molar-refractivity contribution in [3.63, 3.8) is 0 Å². The Bertz CT molecular complexity index is 1390. The van der Waals surface area contributed by atoms with Crippen molar-refractivity contribution in [2.24, 2.45) is 0 Å². The first kappa shape index (κ1) is 29.2. The van der Waals surface area contributed by atoms with E-state index in [-0.39, 0.29) is 28.5 Å². The molecule has 1 amide bonds. The summed E-state index contributed by atoms with van der Waals surface area (Å²) in [6, 6.07) is 5.99. The van der Waals surface area contributed by atoms with E-state index < -0.39 is 21.9 Å². The maximum Gasteiger partial charge on any atom is 0.407 e. The van der Waals surface area contributed by atoms with E-state index in [1.807, 2.05) is 20.8 Å². The molecule has 0 bridgehead atoms. The average Bonchev–Trinajstić information content (AvgIpc) is 3.30. The maximum atomic E-state index is 15.7. The van der Waals surface area contributed by atoms with Gasteiger partial charge in [0.1, 0.15) is 0 Å². The number of anilines is 2. The standard InChI is InChI=1S/C25H33FN6O4S2/c1-7-13-38(34,35)32-17-10-8-9-16(19(17)26)20-21(37-22(31-20)25(3,4)5)18-11-12-27-23(30-18)28-14-15(2)29-24(33)36-6/h8-12,15,32H,7,13-14H2,1-6H3,(H,29,33)(H,27,28,30)/t15-/m0/s1.